The maximum atomic E-state index is 13.8. The van der Waals surface area contributed by atoms with Gasteiger partial charge in [-0.15, -0.1) is 0 Å². The number of hydrogen-bond acceptors (Lipinski definition) is 6. The molecule has 1 atom stereocenters. The van der Waals surface area contributed by atoms with Crippen molar-refractivity contribution in [2.24, 2.45) is 0 Å². The number of aromatic nitrogens is 3. The second-order valence-corrected chi connectivity index (χ2v) is 6.90. The first-order valence-electron chi connectivity index (χ1n) is 8.49. The summed E-state index contributed by atoms with van der Waals surface area (Å²) >= 11 is 0. The van der Waals surface area contributed by atoms with Gasteiger partial charge in [-0.2, -0.15) is 10.4 Å². The van der Waals surface area contributed by atoms with Crippen LogP contribution in [0.1, 0.15) is 29.8 Å². The van der Waals surface area contributed by atoms with Crippen LogP contribution in [0.3, 0.4) is 0 Å². The van der Waals surface area contributed by atoms with E-state index in [9.17, 15) is 14.3 Å². The van der Waals surface area contributed by atoms with Crippen LogP contribution in [0, 0.1) is 11.3 Å². The number of rotatable bonds is 5. The molecule has 0 aliphatic carbocycles. The summed E-state index contributed by atoms with van der Waals surface area (Å²) in [6.45, 7) is 2.30. The number of amides is 1. The van der Waals surface area contributed by atoms with Gasteiger partial charge in [0.1, 0.15) is 12.2 Å². The first-order chi connectivity index (χ1) is 13.2. The van der Waals surface area contributed by atoms with E-state index < -0.39 is 17.7 Å². The molecule has 0 aromatic carbocycles. The van der Waals surface area contributed by atoms with E-state index >= 15 is 0 Å². The van der Waals surface area contributed by atoms with E-state index in [1.54, 1.807) is 22.7 Å². The molecule has 0 fully saturated rings. The molecule has 4 N–H and O–H groups in total. The summed E-state index contributed by atoms with van der Waals surface area (Å²) in [4.78, 5) is 16.5. The van der Waals surface area contributed by atoms with E-state index in [4.69, 9.17) is 11.0 Å². The summed E-state index contributed by atoms with van der Waals surface area (Å²) in [5, 5.41) is 25.2. The van der Waals surface area contributed by atoms with Gasteiger partial charge in [0, 0.05) is 11.9 Å². The van der Waals surface area contributed by atoms with Crippen LogP contribution < -0.4 is 11.1 Å². The van der Waals surface area contributed by atoms with Crippen molar-refractivity contribution < 1.29 is 14.3 Å². The molecule has 8 nitrogen and oxygen atoms in total. The predicted molar refractivity (Wildman–Crippen MR) is 101 cm³/mol. The van der Waals surface area contributed by atoms with Gasteiger partial charge in [0.05, 0.1) is 46.4 Å². The van der Waals surface area contributed by atoms with Crippen molar-refractivity contribution in [1.29, 1.82) is 5.26 Å². The minimum atomic E-state index is -1.62. The number of pyridine rings is 1. The van der Waals surface area contributed by atoms with Gasteiger partial charge in [-0.25, -0.2) is 8.91 Å². The fourth-order valence-electron chi connectivity index (χ4n) is 2.58. The Kier molecular flexibility index (Phi) is 4.98. The third kappa shape index (κ3) is 3.77. The molecule has 28 heavy (non-hydrogen) atoms. The number of halogens is 1. The smallest absolute Gasteiger partial charge is 0.255 e. The van der Waals surface area contributed by atoms with E-state index in [0.29, 0.717) is 17.0 Å². The molecule has 0 aliphatic heterocycles. The summed E-state index contributed by atoms with van der Waals surface area (Å²) in [6, 6.07) is 8.82. The van der Waals surface area contributed by atoms with Crippen molar-refractivity contribution in [3.05, 3.63) is 47.8 Å². The van der Waals surface area contributed by atoms with Gasteiger partial charge >= 0.3 is 0 Å². The number of aliphatic hydroxyl groups is 1. The predicted octanol–water partition coefficient (Wildman–Crippen LogP) is 1.69. The molecule has 0 radical (unpaired) electrons. The number of hydrogen-bond donors (Lipinski definition) is 3. The Labute approximate surface area is 160 Å². The molecule has 9 heteroatoms. The fourth-order valence-corrected chi connectivity index (χ4v) is 2.58. The monoisotopic (exact) mass is 382 g/mol. The van der Waals surface area contributed by atoms with E-state index in [1.165, 1.54) is 32.3 Å². The Balaban J connectivity index is 1.83. The van der Waals surface area contributed by atoms with Gasteiger partial charge in [0.15, 0.2) is 0 Å². The van der Waals surface area contributed by atoms with Crippen LogP contribution in [0.2, 0.25) is 0 Å². The third-order valence-corrected chi connectivity index (χ3v) is 4.28. The zero-order chi connectivity index (χ0) is 20.5. The standard InChI is InChI=1S/C19H19FN6O2/c1-19(2,28)17(20)10-24-18(27)13-9-23-15(6-14(13)22)16-4-3-12-5-11(7-21)8-25-26(12)16/h3-6,8-9,17,28H,10H2,1-2H3,(H2,22,23)(H,24,27)/t17-/m1/s1. The summed E-state index contributed by atoms with van der Waals surface area (Å²) < 4.78 is 15.4. The molecule has 0 unspecified atom stereocenters. The molecule has 3 aromatic heterocycles. The average molecular weight is 382 g/mol. The molecular weight excluding hydrogens is 363 g/mol. The Hall–Kier alpha value is -3.51. The lowest BCUT2D eigenvalue weighted by molar-refractivity contribution is -0.00177. The highest BCUT2D eigenvalue weighted by Crippen LogP contribution is 2.24. The molecule has 0 saturated carbocycles. The Morgan fingerprint density at radius 3 is 2.82 bits per heavy atom. The second-order valence-electron chi connectivity index (χ2n) is 6.90. The quantitative estimate of drug-likeness (QED) is 0.616. The molecule has 3 heterocycles. The summed E-state index contributed by atoms with van der Waals surface area (Å²) in [5.74, 6) is -0.583. The highest BCUT2D eigenvalue weighted by molar-refractivity contribution is 5.99. The average Bonchev–Trinajstić information content (AvgIpc) is 3.07. The van der Waals surface area contributed by atoms with Gasteiger partial charge in [0.25, 0.3) is 5.91 Å². The normalized spacial score (nSPS) is 12.5. The number of fused-ring (bicyclic) bond motifs is 1. The van der Waals surface area contributed by atoms with Crippen LogP contribution in [0.4, 0.5) is 10.1 Å². The number of carbonyl (C=O) groups is 1. The maximum absolute atomic E-state index is 13.8. The fraction of sp³-hybridized carbons (Fsp3) is 0.263. The number of nitriles is 1. The number of nitrogens with two attached hydrogens (primary N) is 1. The number of nitrogen functional groups attached to an aromatic ring is 1. The zero-order valence-corrected chi connectivity index (χ0v) is 15.3. The Morgan fingerprint density at radius 2 is 2.18 bits per heavy atom. The van der Waals surface area contributed by atoms with Crippen molar-refractivity contribution in [3.63, 3.8) is 0 Å². The van der Waals surface area contributed by atoms with Crippen LogP contribution in [0.5, 0.6) is 0 Å². The first-order valence-corrected chi connectivity index (χ1v) is 8.49. The van der Waals surface area contributed by atoms with Crippen LogP contribution in [-0.4, -0.2) is 43.9 Å². The number of anilines is 1. The van der Waals surface area contributed by atoms with Gasteiger partial charge in [0.2, 0.25) is 0 Å². The number of nitrogens with one attached hydrogen (secondary N) is 1. The molecule has 3 aromatic rings. The molecule has 0 bridgehead atoms. The van der Waals surface area contributed by atoms with E-state index in [-0.39, 0.29) is 17.8 Å². The largest absolute Gasteiger partial charge is 0.398 e. The molecule has 3 rings (SSSR count). The molecule has 0 saturated heterocycles. The topological polar surface area (TPSA) is 129 Å². The van der Waals surface area contributed by atoms with Crippen LogP contribution >= 0.6 is 0 Å². The van der Waals surface area contributed by atoms with E-state index in [1.807, 2.05) is 6.07 Å². The Bertz CT molecular complexity index is 1080. The molecule has 0 aliphatic rings. The lowest BCUT2D eigenvalue weighted by Crippen LogP contribution is -2.42. The maximum Gasteiger partial charge on any atom is 0.255 e. The number of carbonyl (C=O) groups excluding carboxylic acids is 1. The highest BCUT2D eigenvalue weighted by Gasteiger charge is 2.27. The summed E-state index contributed by atoms with van der Waals surface area (Å²) in [6.07, 6.45) is 1.12. The minimum absolute atomic E-state index is 0.104. The number of alkyl halides is 1. The van der Waals surface area contributed by atoms with Gasteiger partial charge in [-0.1, -0.05) is 0 Å². The van der Waals surface area contributed by atoms with Gasteiger partial charge in [-0.3, -0.25) is 9.78 Å². The van der Waals surface area contributed by atoms with E-state index in [2.05, 4.69) is 15.4 Å². The van der Waals surface area contributed by atoms with Crippen molar-refractivity contribution in [3.8, 4) is 17.5 Å². The van der Waals surface area contributed by atoms with Crippen molar-refractivity contribution in [2.75, 3.05) is 12.3 Å². The molecule has 144 valence electrons. The van der Waals surface area contributed by atoms with Crippen LogP contribution in [0.15, 0.2) is 36.7 Å². The van der Waals surface area contributed by atoms with Crippen molar-refractivity contribution in [2.45, 2.75) is 25.6 Å². The van der Waals surface area contributed by atoms with Crippen LogP contribution in [-0.2, 0) is 0 Å². The van der Waals surface area contributed by atoms with Gasteiger partial charge in [-0.05, 0) is 38.1 Å². The third-order valence-electron chi connectivity index (χ3n) is 4.28. The highest BCUT2D eigenvalue weighted by atomic mass is 19.1. The zero-order valence-electron chi connectivity index (χ0n) is 15.3. The molecule has 0 spiro atoms. The summed E-state index contributed by atoms with van der Waals surface area (Å²) in [5.41, 5.74) is 7.00. The lowest BCUT2D eigenvalue weighted by Gasteiger charge is -2.22. The second kappa shape index (κ2) is 7.25. The molecule has 1 amide bonds. The van der Waals surface area contributed by atoms with Crippen LogP contribution in [0.25, 0.3) is 16.9 Å². The number of nitrogens with zero attached hydrogens (tertiary/aromatic N) is 4. The Morgan fingerprint density at radius 1 is 1.43 bits per heavy atom. The van der Waals surface area contributed by atoms with Crippen molar-refractivity contribution in [1.82, 2.24) is 19.9 Å². The van der Waals surface area contributed by atoms with Crippen molar-refractivity contribution >= 4 is 17.1 Å². The lowest BCUT2D eigenvalue weighted by atomic mass is 10.0. The first kappa shape index (κ1) is 19.3. The van der Waals surface area contributed by atoms with Gasteiger partial charge < -0.3 is 16.2 Å². The SMILES string of the molecule is CC(C)(O)[C@H](F)CNC(=O)c1cnc(-c2ccc3cc(C#N)cnn23)cc1N. The van der Waals surface area contributed by atoms with E-state index in [0.717, 1.165) is 5.52 Å². The molecular formula is C19H19FN6O2. The summed E-state index contributed by atoms with van der Waals surface area (Å²) in [7, 11) is 0. The minimum Gasteiger partial charge on any atom is -0.398 e.